The van der Waals surface area contributed by atoms with E-state index in [-0.39, 0.29) is 6.10 Å². The smallest absolute Gasteiger partial charge is 0.113 e. The lowest BCUT2D eigenvalue weighted by atomic mass is 10.2. The van der Waals surface area contributed by atoms with Crippen LogP contribution in [0.15, 0.2) is 42.7 Å². The van der Waals surface area contributed by atoms with Gasteiger partial charge in [0.1, 0.15) is 6.10 Å². The lowest BCUT2D eigenvalue weighted by Gasteiger charge is -2.19. The van der Waals surface area contributed by atoms with Gasteiger partial charge in [0.25, 0.3) is 0 Å². The van der Waals surface area contributed by atoms with E-state index in [4.69, 9.17) is 9.57 Å². The summed E-state index contributed by atoms with van der Waals surface area (Å²) >= 11 is 0. The molecule has 3 nitrogen and oxygen atoms in total. The molecule has 1 aliphatic rings. The molecule has 0 aliphatic carbocycles. The quantitative estimate of drug-likeness (QED) is 0.609. The molecule has 0 amide bonds. The second kappa shape index (κ2) is 6.30. The van der Waals surface area contributed by atoms with Crippen molar-refractivity contribution in [3.63, 3.8) is 0 Å². The highest BCUT2D eigenvalue weighted by atomic mass is 16.6. The van der Waals surface area contributed by atoms with Gasteiger partial charge in [0.15, 0.2) is 0 Å². The van der Waals surface area contributed by atoms with Crippen molar-refractivity contribution in [3.8, 4) is 0 Å². The van der Waals surface area contributed by atoms with E-state index >= 15 is 0 Å². The largest absolute Gasteiger partial charge is 0.497 e. The minimum atomic E-state index is 0.237. The highest BCUT2D eigenvalue weighted by Gasteiger charge is 2.09. The number of allylic oxidation sites excluding steroid dienone is 1. The Morgan fingerprint density at radius 1 is 1.31 bits per heavy atom. The average Bonchev–Trinajstić information content (AvgIpc) is 2.37. The molecule has 1 heterocycles. The zero-order chi connectivity index (χ0) is 11.1. The maximum absolute atomic E-state index is 5.41. The van der Waals surface area contributed by atoms with Gasteiger partial charge in [-0.15, -0.1) is 0 Å². The van der Waals surface area contributed by atoms with E-state index in [9.17, 15) is 0 Å². The first-order valence-electron chi connectivity index (χ1n) is 5.64. The van der Waals surface area contributed by atoms with Gasteiger partial charge >= 0.3 is 0 Å². The summed E-state index contributed by atoms with van der Waals surface area (Å²) in [7, 11) is 0. The summed E-state index contributed by atoms with van der Waals surface area (Å²) in [6.45, 7) is 1.32. The molecule has 0 saturated carbocycles. The summed E-state index contributed by atoms with van der Waals surface area (Å²) in [5, 5.41) is 0. The zero-order valence-electron chi connectivity index (χ0n) is 9.26. The van der Waals surface area contributed by atoms with Crippen LogP contribution in [-0.2, 0) is 16.2 Å². The molecule has 1 aromatic carbocycles. The van der Waals surface area contributed by atoms with Crippen LogP contribution in [-0.4, -0.2) is 12.6 Å². The summed E-state index contributed by atoms with van der Waals surface area (Å²) in [4.78, 5) is 5.37. The van der Waals surface area contributed by atoms with E-state index in [0.29, 0.717) is 6.61 Å². The first-order valence-corrected chi connectivity index (χ1v) is 5.64. The lowest BCUT2D eigenvalue weighted by Crippen LogP contribution is -2.29. The van der Waals surface area contributed by atoms with Gasteiger partial charge in [-0.2, -0.15) is 5.48 Å². The second-order valence-electron chi connectivity index (χ2n) is 3.83. The summed E-state index contributed by atoms with van der Waals surface area (Å²) in [6.07, 6.45) is 6.19. The number of hydroxylamine groups is 1. The summed E-state index contributed by atoms with van der Waals surface area (Å²) in [5.41, 5.74) is 4.11. The Kier molecular flexibility index (Phi) is 4.40. The molecule has 0 fully saturated rings. The molecule has 2 rings (SSSR count). The number of hydrogen-bond acceptors (Lipinski definition) is 3. The minimum Gasteiger partial charge on any atom is -0.497 e. The Bertz CT molecular complexity index is 324. The molecule has 1 atom stereocenters. The fourth-order valence-corrected chi connectivity index (χ4v) is 1.60. The molecule has 0 aromatic heterocycles. The fourth-order valence-electron chi connectivity index (χ4n) is 1.60. The molecule has 0 bridgehead atoms. The molecule has 0 saturated heterocycles. The minimum absolute atomic E-state index is 0.237. The van der Waals surface area contributed by atoms with Gasteiger partial charge in [0, 0.05) is 0 Å². The van der Waals surface area contributed by atoms with E-state index < -0.39 is 0 Å². The van der Waals surface area contributed by atoms with E-state index in [2.05, 4.69) is 5.48 Å². The van der Waals surface area contributed by atoms with Crippen molar-refractivity contribution in [3.05, 3.63) is 48.2 Å². The van der Waals surface area contributed by atoms with Crippen LogP contribution in [0, 0.1) is 0 Å². The van der Waals surface area contributed by atoms with Gasteiger partial charge in [-0.05, 0) is 24.5 Å². The Morgan fingerprint density at radius 3 is 2.94 bits per heavy atom. The van der Waals surface area contributed by atoms with Gasteiger partial charge in [-0.3, -0.25) is 4.84 Å². The molecule has 1 aliphatic heterocycles. The van der Waals surface area contributed by atoms with Gasteiger partial charge in [-0.25, -0.2) is 0 Å². The van der Waals surface area contributed by atoms with Gasteiger partial charge in [-0.1, -0.05) is 30.3 Å². The molecule has 1 N–H and O–H groups in total. The molecule has 3 heteroatoms. The van der Waals surface area contributed by atoms with E-state index in [1.54, 1.807) is 6.26 Å². The molecular formula is C13H17NO2. The maximum atomic E-state index is 5.41. The predicted octanol–water partition coefficient (Wildman–Crippen LogP) is 2.40. The van der Waals surface area contributed by atoms with Crippen molar-refractivity contribution in [2.24, 2.45) is 0 Å². The summed E-state index contributed by atoms with van der Waals surface area (Å²) in [6, 6.07) is 10.1. The Hall–Kier alpha value is -1.32. The molecular weight excluding hydrogens is 202 g/mol. The van der Waals surface area contributed by atoms with Crippen molar-refractivity contribution in [2.75, 3.05) is 6.54 Å². The van der Waals surface area contributed by atoms with E-state index in [1.165, 1.54) is 5.56 Å². The maximum Gasteiger partial charge on any atom is 0.113 e. The van der Waals surface area contributed by atoms with Crippen molar-refractivity contribution in [1.82, 2.24) is 5.48 Å². The standard InChI is InChI=1S/C13H17NO2/c1-2-6-12(7-3-1)11-16-14-10-13-8-4-5-9-15-13/h1-3,5-7,9,13-14H,4,8,10-11H2. The molecule has 16 heavy (non-hydrogen) atoms. The number of benzene rings is 1. The van der Waals surface area contributed by atoms with Crippen molar-refractivity contribution in [2.45, 2.75) is 25.6 Å². The predicted molar refractivity (Wildman–Crippen MR) is 62.5 cm³/mol. The molecule has 1 unspecified atom stereocenters. The van der Waals surface area contributed by atoms with Crippen molar-refractivity contribution in [1.29, 1.82) is 0 Å². The number of hydrogen-bond donors (Lipinski definition) is 1. The summed E-state index contributed by atoms with van der Waals surface area (Å²) < 4.78 is 5.41. The molecule has 0 spiro atoms. The van der Waals surface area contributed by atoms with Crippen molar-refractivity contribution >= 4 is 0 Å². The van der Waals surface area contributed by atoms with Gasteiger partial charge < -0.3 is 4.74 Å². The SMILES string of the molecule is C1=COC(CNOCc2ccccc2)CC1. The third kappa shape index (κ3) is 3.68. The highest BCUT2D eigenvalue weighted by Crippen LogP contribution is 2.09. The average molecular weight is 219 g/mol. The third-order valence-corrected chi connectivity index (χ3v) is 2.52. The normalized spacial score (nSPS) is 19.4. The van der Waals surface area contributed by atoms with Crippen LogP contribution < -0.4 is 5.48 Å². The lowest BCUT2D eigenvalue weighted by molar-refractivity contribution is -0.00364. The molecule has 86 valence electrons. The van der Waals surface area contributed by atoms with Crippen LogP contribution in [0.1, 0.15) is 18.4 Å². The van der Waals surface area contributed by atoms with Crippen LogP contribution >= 0.6 is 0 Å². The van der Waals surface area contributed by atoms with Crippen LogP contribution in [0.5, 0.6) is 0 Å². The number of rotatable bonds is 5. The Balaban J connectivity index is 1.60. The topological polar surface area (TPSA) is 30.5 Å². The summed E-state index contributed by atoms with van der Waals surface area (Å²) in [5.74, 6) is 0. The Labute approximate surface area is 96.0 Å². The first-order chi connectivity index (χ1) is 7.95. The number of nitrogens with one attached hydrogen (secondary N) is 1. The molecule has 0 radical (unpaired) electrons. The number of ether oxygens (including phenoxy) is 1. The van der Waals surface area contributed by atoms with Gasteiger partial charge in [0.05, 0.1) is 19.4 Å². The highest BCUT2D eigenvalue weighted by molar-refractivity contribution is 5.13. The third-order valence-electron chi connectivity index (χ3n) is 2.52. The molecule has 1 aromatic rings. The monoisotopic (exact) mass is 219 g/mol. The first kappa shape index (κ1) is 11.2. The van der Waals surface area contributed by atoms with E-state index in [0.717, 1.165) is 19.4 Å². The second-order valence-corrected chi connectivity index (χ2v) is 3.83. The van der Waals surface area contributed by atoms with Gasteiger partial charge in [0.2, 0.25) is 0 Å². The van der Waals surface area contributed by atoms with Crippen LogP contribution in [0.25, 0.3) is 0 Å². The van der Waals surface area contributed by atoms with Crippen LogP contribution in [0.3, 0.4) is 0 Å². The van der Waals surface area contributed by atoms with Crippen molar-refractivity contribution < 1.29 is 9.57 Å². The Morgan fingerprint density at radius 2 is 2.19 bits per heavy atom. The fraction of sp³-hybridized carbons (Fsp3) is 0.385. The van der Waals surface area contributed by atoms with E-state index in [1.807, 2.05) is 36.4 Å². The van der Waals surface area contributed by atoms with Crippen LogP contribution in [0.2, 0.25) is 0 Å². The van der Waals surface area contributed by atoms with Crippen LogP contribution in [0.4, 0.5) is 0 Å². The zero-order valence-corrected chi connectivity index (χ0v) is 9.26.